The Hall–Kier alpha value is -2.37. The van der Waals surface area contributed by atoms with Crippen LogP contribution in [-0.4, -0.2) is 28.1 Å². The lowest BCUT2D eigenvalue weighted by molar-refractivity contribution is -0.144. The summed E-state index contributed by atoms with van der Waals surface area (Å²) >= 11 is 0. The summed E-state index contributed by atoms with van der Waals surface area (Å²) in [5.41, 5.74) is 0.634. The van der Waals surface area contributed by atoms with Crippen LogP contribution in [0.4, 0.5) is 5.69 Å². The molecule has 2 atom stereocenters. The molecule has 0 aromatic heterocycles. The predicted octanol–water partition coefficient (Wildman–Crippen LogP) is 3.24. The van der Waals surface area contributed by atoms with Gasteiger partial charge in [-0.15, -0.1) is 0 Å². The van der Waals surface area contributed by atoms with Crippen LogP contribution in [0.25, 0.3) is 0 Å². The average molecular weight is 321 g/mol. The highest BCUT2D eigenvalue weighted by Gasteiger charge is 2.25. The molecule has 0 aliphatic rings. The maximum Gasteiger partial charge on any atom is 0.335 e. The minimum Gasteiger partial charge on any atom is -0.481 e. The van der Waals surface area contributed by atoms with Gasteiger partial charge in [-0.05, 0) is 36.6 Å². The minimum atomic E-state index is -1.03. The van der Waals surface area contributed by atoms with Gasteiger partial charge in [-0.2, -0.15) is 0 Å². The molecule has 0 aliphatic heterocycles. The highest BCUT2D eigenvalue weighted by atomic mass is 16.4. The number of benzene rings is 1. The van der Waals surface area contributed by atoms with Gasteiger partial charge in [0.25, 0.3) is 0 Å². The molecule has 3 N–H and O–H groups in total. The third kappa shape index (κ3) is 6.10. The molecule has 0 spiro atoms. The molecule has 6 heteroatoms. The Morgan fingerprint density at radius 3 is 2.22 bits per heavy atom. The molecule has 0 radical (unpaired) electrons. The van der Waals surface area contributed by atoms with E-state index in [0.717, 1.165) is 12.8 Å². The number of unbranched alkanes of at least 4 members (excludes halogenated alkanes) is 1. The number of hydrogen-bond donors (Lipinski definition) is 3. The molecule has 6 nitrogen and oxygen atoms in total. The Morgan fingerprint density at radius 1 is 1.13 bits per heavy atom. The average Bonchev–Trinajstić information content (AvgIpc) is 2.47. The van der Waals surface area contributed by atoms with Crippen LogP contribution in [0, 0.1) is 11.8 Å². The van der Waals surface area contributed by atoms with Crippen molar-refractivity contribution in [2.75, 3.05) is 5.32 Å². The van der Waals surface area contributed by atoms with Gasteiger partial charge in [0, 0.05) is 12.1 Å². The molecule has 1 aromatic rings. The SMILES string of the molecule is CCCC[C@@H](C(=O)O)[C@H](C)CC(=O)Nc1ccc(C(=O)O)cc1. The highest BCUT2D eigenvalue weighted by molar-refractivity contribution is 5.92. The molecule has 126 valence electrons. The molecule has 0 fully saturated rings. The normalized spacial score (nSPS) is 13.1. The van der Waals surface area contributed by atoms with Crippen molar-refractivity contribution < 1.29 is 24.6 Å². The molecule has 1 rings (SSSR count). The van der Waals surface area contributed by atoms with Crippen LogP contribution < -0.4 is 5.32 Å². The van der Waals surface area contributed by atoms with Gasteiger partial charge in [-0.3, -0.25) is 9.59 Å². The van der Waals surface area contributed by atoms with Crippen molar-refractivity contribution in [3.63, 3.8) is 0 Å². The van der Waals surface area contributed by atoms with E-state index in [2.05, 4.69) is 5.32 Å². The molecule has 0 saturated carbocycles. The second-order valence-electron chi connectivity index (χ2n) is 5.70. The third-order valence-electron chi connectivity index (χ3n) is 3.80. The van der Waals surface area contributed by atoms with Gasteiger partial charge in [0.05, 0.1) is 11.5 Å². The number of carbonyl (C=O) groups excluding carboxylic acids is 1. The number of amides is 1. The van der Waals surface area contributed by atoms with Crippen molar-refractivity contribution in [1.29, 1.82) is 0 Å². The number of carbonyl (C=O) groups is 3. The standard InChI is InChI=1S/C17H23NO5/c1-3-4-5-14(17(22)23)11(2)10-15(19)18-13-8-6-12(7-9-13)16(20)21/h6-9,11,14H,3-5,10H2,1-2H3,(H,18,19)(H,20,21)(H,22,23)/t11-,14-/m1/s1. The van der Waals surface area contributed by atoms with E-state index >= 15 is 0 Å². The van der Waals surface area contributed by atoms with Gasteiger partial charge in [-0.1, -0.05) is 26.7 Å². The van der Waals surface area contributed by atoms with Crippen LogP contribution in [0.1, 0.15) is 49.9 Å². The fourth-order valence-electron chi connectivity index (χ4n) is 2.42. The molecule has 23 heavy (non-hydrogen) atoms. The summed E-state index contributed by atoms with van der Waals surface area (Å²) in [7, 11) is 0. The van der Waals surface area contributed by atoms with Gasteiger partial charge in [-0.25, -0.2) is 4.79 Å². The number of carboxylic acids is 2. The van der Waals surface area contributed by atoms with Crippen molar-refractivity contribution in [2.45, 2.75) is 39.5 Å². The lowest BCUT2D eigenvalue weighted by Crippen LogP contribution is -2.26. The Labute approximate surface area is 135 Å². The summed E-state index contributed by atoms with van der Waals surface area (Å²) in [6.45, 7) is 3.76. The van der Waals surface area contributed by atoms with Gasteiger partial charge < -0.3 is 15.5 Å². The third-order valence-corrected chi connectivity index (χ3v) is 3.80. The monoisotopic (exact) mass is 321 g/mol. The van der Waals surface area contributed by atoms with Crippen molar-refractivity contribution in [1.82, 2.24) is 0 Å². The zero-order valence-corrected chi connectivity index (χ0v) is 13.4. The van der Waals surface area contributed by atoms with E-state index in [0.29, 0.717) is 12.1 Å². The summed E-state index contributed by atoms with van der Waals surface area (Å²) in [4.78, 5) is 34.1. The van der Waals surface area contributed by atoms with Gasteiger partial charge in [0.1, 0.15) is 0 Å². The molecule has 0 unspecified atom stereocenters. The molecule has 0 saturated heterocycles. The molecule has 0 heterocycles. The molecule has 0 aliphatic carbocycles. The maximum atomic E-state index is 12.0. The van der Waals surface area contributed by atoms with E-state index < -0.39 is 17.9 Å². The van der Waals surface area contributed by atoms with Crippen molar-refractivity contribution in [2.24, 2.45) is 11.8 Å². The largest absolute Gasteiger partial charge is 0.481 e. The predicted molar refractivity (Wildman–Crippen MR) is 86.5 cm³/mol. The van der Waals surface area contributed by atoms with E-state index in [4.69, 9.17) is 5.11 Å². The zero-order valence-electron chi connectivity index (χ0n) is 13.4. The number of anilines is 1. The number of hydrogen-bond acceptors (Lipinski definition) is 3. The molecule has 0 bridgehead atoms. The molecular formula is C17H23NO5. The summed E-state index contributed by atoms with van der Waals surface area (Å²) in [6.07, 6.45) is 2.41. The molecular weight excluding hydrogens is 298 g/mol. The Morgan fingerprint density at radius 2 is 1.74 bits per heavy atom. The fourth-order valence-corrected chi connectivity index (χ4v) is 2.42. The number of nitrogens with one attached hydrogen (secondary N) is 1. The van der Waals surface area contributed by atoms with Gasteiger partial charge >= 0.3 is 11.9 Å². The first kappa shape index (κ1) is 18.7. The molecule has 1 amide bonds. The second-order valence-corrected chi connectivity index (χ2v) is 5.70. The number of rotatable bonds is 9. The maximum absolute atomic E-state index is 12.0. The van der Waals surface area contributed by atoms with Gasteiger partial charge in [0.15, 0.2) is 0 Å². The van der Waals surface area contributed by atoms with Crippen LogP contribution in [0.3, 0.4) is 0 Å². The van der Waals surface area contributed by atoms with E-state index in [1.54, 1.807) is 6.92 Å². The highest BCUT2D eigenvalue weighted by Crippen LogP contribution is 2.22. The minimum absolute atomic E-state index is 0.112. The van der Waals surface area contributed by atoms with Crippen LogP contribution in [0.15, 0.2) is 24.3 Å². The first-order valence-corrected chi connectivity index (χ1v) is 7.71. The fraction of sp³-hybridized carbons (Fsp3) is 0.471. The summed E-state index contributed by atoms with van der Waals surface area (Å²) in [5, 5.41) is 20.7. The van der Waals surface area contributed by atoms with E-state index in [-0.39, 0.29) is 23.8 Å². The number of carboxylic acid groups (broad SMARTS) is 2. The van der Waals surface area contributed by atoms with Crippen LogP contribution >= 0.6 is 0 Å². The lowest BCUT2D eigenvalue weighted by Gasteiger charge is -2.19. The lowest BCUT2D eigenvalue weighted by atomic mass is 9.87. The van der Waals surface area contributed by atoms with Crippen molar-refractivity contribution in [3.8, 4) is 0 Å². The number of aliphatic carboxylic acids is 1. The smallest absolute Gasteiger partial charge is 0.335 e. The Bertz CT molecular complexity index is 553. The quantitative estimate of drug-likeness (QED) is 0.648. The van der Waals surface area contributed by atoms with E-state index in [9.17, 15) is 19.5 Å². The topological polar surface area (TPSA) is 104 Å². The zero-order chi connectivity index (χ0) is 17.4. The Kier molecular flexibility index (Phi) is 7.25. The van der Waals surface area contributed by atoms with E-state index in [1.165, 1.54) is 24.3 Å². The molecule has 1 aromatic carbocycles. The number of aromatic carboxylic acids is 1. The van der Waals surface area contributed by atoms with Gasteiger partial charge in [0.2, 0.25) is 5.91 Å². The Balaban J connectivity index is 2.60. The summed E-state index contributed by atoms with van der Waals surface area (Å²) in [6, 6.07) is 5.83. The summed E-state index contributed by atoms with van der Waals surface area (Å²) < 4.78 is 0. The van der Waals surface area contributed by atoms with E-state index in [1.807, 2.05) is 6.92 Å². The van der Waals surface area contributed by atoms with Crippen molar-refractivity contribution in [3.05, 3.63) is 29.8 Å². The summed E-state index contributed by atoms with van der Waals surface area (Å²) in [5.74, 6) is -2.97. The van der Waals surface area contributed by atoms with Crippen LogP contribution in [0.5, 0.6) is 0 Å². The first-order chi connectivity index (χ1) is 10.8. The van der Waals surface area contributed by atoms with Crippen LogP contribution in [0.2, 0.25) is 0 Å². The first-order valence-electron chi connectivity index (χ1n) is 7.71. The van der Waals surface area contributed by atoms with Crippen molar-refractivity contribution >= 4 is 23.5 Å². The second kappa shape index (κ2) is 8.92. The van der Waals surface area contributed by atoms with Crippen LogP contribution in [-0.2, 0) is 9.59 Å².